The molecule has 0 spiro atoms. The Morgan fingerprint density at radius 1 is 1.03 bits per heavy atom. The predicted octanol–water partition coefficient (Wildman–Crippen LogP) is 0.0961. The van der Waals surface area contributed by atoms with Gasteiger partial charge in [0.25, 0.3) is 5.91 Å². The average Bonchev–Trinajstić information content (AvgIpc) is 3.35. The first kappa shape index (κ1) is 29.3. The first-order chi connectivity index (χ1) is 18.6. The zero-order valence-corrected chi connectivity index (χ0v) is 22.5. The van der Waals surface area contributed by atoms with E-state index in [2.05, 4.69) is 31.3 Å². The number of nitrogens with zero attached hydrogens (tertiary/aromatic N) is 3. The van der Waals surface area contributed by atoms with Crippen molar-refractivity contribution in [2.75, 3.05) is 6.54 Å². The number of nitrogens with one attached hydrogen (secondary N) is 4. The van der Waals surface area contributed by atoms with Gasteiger partial charge in [-0.1, -0.05) is 58.0 Å². The van der Waals surface area contributed by atoms with Crippen molar-refractivity contribution in [3.05, 3.63) is 48.0 Å². The van der Waals surface area contributed by atoms with E-state index >= 15 is 0 Å². The summed E-state index contributed by atoms with van der Waals surface area (Å²) in [6, 6.07) is 5.86. The number of rotatable bonds is 9. The van der Waals surface area contributed by atoms with E-state index in [-0.39, 0.29) is 31.4 Å². The van der Waals surface area contributed by atoms with Crippen LogP contribution in [0.3, 0.4) is 0 Å². The molecule has 2 heterocycles. The normalized spacial score (nSPS) is 17.1. The van der Waals surface area contributed by atoms with Gasteiger partial charge < -0.3 is 26.0 Å². The number of ketones is 1. The molecule has 4 N–H and O–H groups in total. The third kappa shape index (κ3) is 8.09. The molecular weight excluding hydrogens is 506 g/mol. The maximum atomic E-state index is 13.3. The minimum Gasteiger partial charge on any atom is -0.445 e. The highest BCUT2D eigenvalue weighted by Gasteiger charge is 2.35. The van der Waals surface area contributed by atoms with Crippen LogP contribution in [0.4, 0.5) is 4.79 Å². The van der Waals surface area contributed by atoms with Crippen molar-refractivity contribution in [3.63, 3.8) is 0 Å². The van der Waals surface area contributed by atoms with Crippen LogP contribution >= 0.6 is 0 Å². The van der Waals surface area contributed by atoms with E-state index in [0.29, 0.717) is 12.4 Å². The number of aromatic nitrogens is 3. The highest BCUT2D eigenvalue weighted by atomic mass is 16.5. The zero-order chi connectivity index (χ0) is 28.5. The van der Waals surface area contributed by atoms with Crippen LogP contribution in [0.5, 0.6) is 0 Å². The number of fused-ring (bicyclic) bond motifs is 1. The average molecular weight is 542 g/mol. The minimum atomic E-state index is -1.20. The van der Waals surface area contributed by atoms with Crippen LogP contribution in [0, 0.1) is 11.8 Å². The molecule has 0 bridgehead atoms. The molecule has 13 heteroatoms. The number of ether oxygens (including phenoxy) is 1. The maximum absolute atomic E-state index is 13.3. The molecule has 1 aliphatic heterocycles. The molecule has 1 aromatic carbocycles. The van der Waals surface area contributed by atoms with Gasteiger partial charge in [0.2, 0.25) is 17.6 Å². The summed E-state index contributed by atoms with van der Waals surface area (Å²) in [4.78, 5) is 68.1. The van der Waals surface area contributed by atoms with Gasteiger partial charge in [-0.2, -0.15) is 5.10 Å². The number of hydrogen-bond donors (Lipinski definition) is 4. The summed E-state index contributed by atoms with van der Waals surface area (Å²) in [5.41, 5.74) is 0.793. The van der Waals surface area contributed by atoms with Gasteiger partial charge in [-0.25, -0.2) is 14.5 Å². The van der Waals surface area contributed by atoms with Crippen LogP contribution < -0.4 is 21.3 Å². The topological polar surface area (TPSA) is 173 Å². The van der Waals surface area contributed by atoms with Crippen LogP contribution in [-0.4, -0.2) is 69.0 Å². The Morgan fingerprint density at radius 2 is 1.69 bits per heavy atom. The quantitative estimate of drug-likeness (QED) is 0.323. The van der Waals surface area contributed by atoms with E-state index in [1.165, 1.54) is 6.33 Å². The first-order valence-corrected chi connectivity index (χ1v) is 12.8. The lowest BCUT2D eigenvalue weighted by atomic mass is 9.99. The van der Waals surface area contributed by atoms with Crippen molar-refractivity contribution < 1.29 is 28.7 Å². The van der Waals surface area contributed by atoms with Gasteiger partial charge in [-0.3, -0.25) is 19.2 Å². The molecule has 2 aromatic rings. The number of amides is 4. The second kappa shape index (κ2) is 13.5. The van der Waals surface area contributed by atoms with Crippen molar-refractivity contribution in [1.82, 2.24) is 36.0 Å². The van der Waals surface area contributed by atoms with E-state index in [0.717, 1.165) is 5.56 Å². The largest absolute Gasteiger partial charge is 0.445 e. The predicted molar refractivity (Wildman–Crippen MR) is 139 cm³/mol. The highest BCUT2D eigenvalue weighted by Crippen LogP contribution is 2.10. The number of hydrogen-bond acceptors (Lipinski definition) is 8. The zero-order valence-electron chi connectivity index (χ0n) is 22.5. The van der Waals surface area contributed by atoms with Crippen LogP contribution in [0.2, 0.25) is 0 Å². The molecule has 4 amide bonds. The number of Topliss-reactive ketones (excluding diaryl/α,β-unsaturated/α-hetero) is 1. The van der Waals surface area contributed by atoms with Crippen molar-refractivity contribution in [2.45, 2.75) is 65.4 Å². The summed E-state index contributed by atoms with van der Waals surface area (Å²) in [7, 11) is 0. The lowest BCUT2D eigenvalue weighted by Crippen LogP contribution is -2.59. The van der Waals surface area contributed by atoms with Crippen LogP contribution in [0.1, 0.15) is 39.1 Å². The Bertz CT molecular complexity index is 1180. The second-order valence-electron chi connectivity index (χ2n) is 9.94. The lowest BCUT2D eigenvalue weighted by Gasteiger charge is -2.28. The molecule has 0 aliphatic carbocycles. The Balaban J connectivity index is 1.67. The molecule has 1 aliphatic rings. The summed E-state index contributed by atoms with van der Waals surface area (Å²) < 4.78 is 6.79. The van der Waals surface area contributed by atoms with E-state index in [4.69, 9.17) is 4.74 Å². The fourth-order valence-electron chi connectivity index (χ4n) is 4.01. The molecule has 0 saturated heterocycles. The number of carbonyl (C=O) groups excluding carboxylic acids is 5. The first-order valence-electron chi connectivity index (χ1n) is 12.8. The van der Waals surface area contributed by atoms with Crippen molar-refractivity contribution in [2.24, 2.45) is 11.8 Å². The lowest BCUT2D eigenvalue weighted by molar-refractivity contribution is -0.140. The van der Waals surface area contributed by atoms with Gasteiger partial charge in [0.1, 0.15) is 36.9 Å². The number of carbonyl (C=O) groups is 5. The fourth-order valence-corrected chi connectivity index (χ4v) is 4.01. The van der Waals surface area contributed by atoms with Crippen molar-refractivity contribution >= 4 is 29.6 Å². The highest BCUT2D eigenvalue weighted by molar-refractivity contribution is 6.38. The standard InChI is InChI=1S/C26H35N7O6/c1-15(2)20(23(35)30-18-12-19-28-14-29-33(19)11-10-27-25(37)22(18)34)31-24(36)21(16(3)4)32-26(38)39-13-17-8-6-5-7-9-17/h5-9,14-16,18,20-21H,10-13H2,1-4H3,(H,27,37)(H,30,35)(H,31,36)(H,32,38). The van der Waals surface area contributed by atoms with Gasteiger partial charge in [0.05, 0.1) is 6.54 Å². The molecule has 3 rings (SSSR count). The fraction of sp³-hybridized carbons (Fsp3) is 0.500. The second-order valence-corrected chi connectivity index (χ2v) is 9.94. The molecule has 210 valence electrons. The van der Waals surface area contributed by atoms with E-state index in [9.17, 15) is 24.0 Å². The molecule has 1 aromatic heterocycles. The smallest absolute Gasteiger partial charge is 0.408 e. The molecule has 0 fully saturated rings. The van der Waals surface area contributed by atoms with Crippen molar-refractivity contribution in [3.8, 4) is 0 Å². The maximum Gasteiger partial charge on any atom is 0.408 e. The van der Waals surface area contributed by atoms with Gasteiger partial charge in [-0.05, 0) is 17.4 Å². The van der Waals surface area contributed by atoms with Crippen LogP contribution in [-0.2, 0) is 43.5 Å². The molecule has 13 nitrogen and oxygen atoms in total. The van der Waals surface area contributed by atoms with Crippen molar-refractivity contribution in [1.29, 1.82) is 0 Å². The molecule has 0 radical (unpaired) electrons. The van der Waals surface area contributed by atoms with E-state index < -0.39 is 47.7 Å². The minimum absolute atomic E-state index is 0.0346. The summed E-state index contributed by atoms with van der Waals surface area (Å²) in [5, 5.41) is 14.4. The summed E-state index contributed by atoms with van der Waals surface area (Å²) in [6.07, 6.45) is 0.521. The molecule has 0 saturated carbocycles. The van der Waals surface area contributed by atoms with E-state index in [1.54, 1.807) is 32.4 Å². The van der Waals surface area contributed by atoms with Crippen LogP contribution in [0.15, 0.2) is 36.7 Å². The Morgan fingerprint density at radius 3 is 2.36 bits per heavy atom. The number of alkyl carbamates (subject to hydrolysis) is 1. The summed E-state index contributed by atoms with van der Waals surface area (Å²) in [5.74, 6) is -3.15. The van der Waals surface area contributed by atoms with Gasteiger partial charge in [0.15, 0.2) is 0 Å². The Labute approximate surface area is 226 Å². The van der Waals surface area contributed by atoms with Gasteiger partial charge >= 0.3 is 6.09 Å². The SMILES string of the molecule is CC(C)C(NC(=O)OCc1ccccc1)C(=O)NC(C(=O)NC1Cc2ncnn2CCNC(=O)C1=O)C(C)C. The molecule has 3 atom stereocenters. The van der Waals surface area contributed by atoms with Crippen LogP contribution in [0.25, 0.3) is 0 Å². The summed E-state index contributed by atoms with van der Waals surface area (Å²) in [6.45, 7) is 7.50. The Hall–Kier alpha value is -4.29. The monoisotopic (exact) mass is 541 g/mol. The Kier molecular flexibility index (Phi) is 10.1. The van der Waals surface area contributed by atoms with Gasteiger partial charge in [0, 0.05) is 13.0 Å². The van der Waals surface area contributed by atoms with E-state index in [1.807, 2.05) is 30.3 Å². The molecule has 39 heavy (non-hydrogen) atoms. The molecular formula is C26H35N7O6. The third-order valence-corrected chi connectivity index (χ3v) is 6.23. The third-order valence-electron chi connectivity index (χ3n) is 6.23. The summed E-state index contributed by atoms with van der Waals surface area (Å²) >= 11 is 0. The molecule has 3 unspecified atom stereocenters. The van der Waals surface area contributed by atoms with Gasteiger partial charge in [-0.15, -0.1) is 0 Å². The number of benzene rings is 1.